The van der Waals surface area contributed by atoms with Crippen LogP contribution < -0.4 is 0 Å². The Kier molecular flexibility index (Phi) is 5.60. The van der Waals surface area contributed by atoms with E-state index in [0.717, 1.165) is 19.0 Å². The van der Waals surface area contributed by atoms with Crippen molar-refractivity contribution in [3.8, 4) is 0 Å². The third-order valence-electron chi connectivity index (χ3n) is 3.80. The van der Waals surface area contributed by atoms with Crippen LogP contribution >= 0.6 is 0 Å². The minimum Gasteiger partial charge on any atom is -0.469 e. The summed E-state index contributed by atoms with van der Waals surface area (Å²) in [5, 5.41) is 0. The Hall–Kier alpha value is -0.610. The Morgan fingerprint density at radius 3 is 2.44 bits per heavy atom. The molecule has 1 aliphatic rings. The van der Waals surface area contributed by atoms with Crippen molar-refractivity contribution in [1.82, 2.24) is 4.90 Å². The van der Waals surface area contributed by atoms with E-state index in [1.807, 2.05) is 13.8 Å². The number of ether oxygens (including phenoxy) is 2. The van der Waals surface area contributed by atoms with Crippen molar-refractivity contribution < 1.29 is 14.3 Å². The predicted molar refractivity (Wildman–Crippen MR) is 71.4 cm³/mol. The van der Waals surface area contributed by atoms with Crippen molar-refractivity contribution >= 4 is 5.97 Å². The van der Waals surface area contributed by atoms with Gasteiger partial charge in [0.25, 0.3) is 0 Å². The molecule has 0 radical (unpaired) electrons. The molecule has 1 atom stereocenters. The van der Waals surface area contributed by atoms with E-state index < -0.39 is 5.41 Å². The van der Waals surface area contributed by atoms with E-state index in [1.165, 1.54) is 20.0 Å². The smallest absolute Gasteiger partial charge is 0.312 e. The van der Waals surface area contributed by atoms with Crippen molar-refractivity contribution in [1.29, 1.82) is 0 Å². The van der Waals surface area contributed by atoms with E-state index >= 15 is 0 Å². The van der Waals surface area contributed by atoms with E-state index in [2.05, 4.69) is 11.8 Å². The molecule has 0 heterocycles. The molecule has 0 spiro atoms. The highest BCUT2D eigenvalue weighted by Gasteiger charge is 2.37. The topological polar surface area (TPSA) is 38.8 Å². The van der Waals surface area contributed by atoms with E-state index in [9.17, 15) is 4.79 Å². The summed E-state index contributed by atoms with van der Waals surface area (Å²) in [6.07, 6.45) is 2.62. The molecule has 0 saturated heterocycles. The van der Waals surface area contributed by atoms with Gasteiger partial charge in [-0.15, -0.1) is 0 Å². The summed E-state index contributed by atoms with van der Waals surface area (Å²) < 4.78 is 10.0. The zero-order valence-electron chi connectivity index (χ0n) is 12.4. The third-order valence-corrected chi connectivity index (χ3v) is 3.80. The number of hydrogen-bond acceptors (Lipinski definition) is 4. The lowest BCUT2D eigenvalue weighted by atomic mass is 9.92. The fourth-order valence-electron chi connectivity index (χ4n) is 2.36. The first-order valence-corrected chi connectivity index (χ1v) is 6.73. The summed E-state index contributed by atoms with van der Waals surface area (Å²) in [5.74, 6) is 0.642. The number of carbonyl (C=O) groups excluding carboxylic acids is 1. The van der Waals surface area contributed by atoms with Crippen LogP contribution in [0.25, 0.3) is 0 Å². The first-order chi connectivity index (χ1) is 8.42. The van der Waals surface area contributed by atoms with Gasteiger partial charge in [0.05, 0.1) is 19.1 Å². The molecule has 0 amide bonds. The molecule has 1 fully saturated rings. The van der Waals surface area contributed by atoms with Gasteiger partial charge in [-0.2, -0.15) is 0 Å². The molecule has 0 aromatic carbocycles. The molecule has 1 saturated carbocycles. The molecule has 1 rings (SSSR count). The monoisotopic (exact) mass is 257 g/mol. The van der Waals surface area contributed by atoms with E-state index in [-0.39, 0.29) is 5.97 Å². The molecule has 0 N–H and O–H groups in total. The normalized spacial score (nSPS) is 17.9. The van der Waals surface area contributed by atoms with Crippen molar-refractivity contribution in [2.24, 2.45) is 11.3 Å². The highest BCUT2D eigenvalue weighted by molar-refractivity contribution is 5.76. The van der Waals surface area contributed by atoms with Crippen LogP contribution in [-0.2, 0) is 14.3 Å². The summed E-state index contributed by atoms with van der Waals surface area (Å²) in [7, 11) is 3.17. The van der Waals surface area contributed by atoms with Gasteiger partial charge in [0.2, 0.25) is 0 Å². The third kappa shape index (κ3) is 4.25. The van der Waals surface area contributed by atoms with Gasteiger partial charge in [0.1, 0.15) is 0 Å². The summed E-state index contributed by atoms with van der Waals surface area (Å²) in [6.45, 7) is 8.43. The number of nitrogens with zero attached hydrogens (tertiary/aromatic N) is 1. The minimum absolute atomic E-state index is 0.145. The second-order valence-corrected chi connectivity index (χ2v) is 5.92. The van der Waals surface area contributed by atoms with Crippen LogP contribution in [0.1, 0.15) is 33.6 Å². The molecule has 4 nitrogen and oxygen atoms in total. The van der Waals surface area contributed by atoms with Gasteiger partial charge in [0, 0.05) is 26.2 Å². The van der Waals surface area contributed by atoms with Gasteiger partial charge < -0.3 is 9.47 Å². The molecule has 1 aliphatic carbocycles. The molecule has 18 heavy (non-hydrogen) atoms. The molecule has 0 aliphatic heterocycles. The summed E-state index contributed by atoms with van der Waals surface area (Å²) in [5.41, 5.74) is -0.467. The van der Waals surface area contributed by atoms with Gasteiger partial charge in [-0.05, 0) is 39.5 Å². The number of esters is 1. The lowest BCUT2D eigenvalue weighted by Gasteiger charge is -2.35. The number of methoxy groups -OCH3 is 2. The van der Waals surface area contributed by atoms with E-state index in [0.29, 0.717) is 12.6 Å². The van der Waals surface area contributed by atoms with Crippen molar-refractivity contribution in [3.05, 3.63) is 0 Å². The summed E-state index contributed by atoms with van der Waals surface area (Å²) in [6, 6.07) is 0.518. The molecule has 4 heteroatoms. The molecular formula is C14H27NO3. The summed E-state index contributed by atoms with van der Waals surface area (Å²) in [4.78, 5) is 14.1. The van der Waals surface area contributed by atoms with Gasteiger partial charge in [0.15, 0.2) is 0 Å². The predicted octanol–water partition coefficient (Wildman–Crippen LogP) is 1.93. The van der Waals surface area contributed by atoms with Gasteiger partial charge >= 0.3 is 5.97 Å². The lowest BCUT2D eigenvalue weighted by molar-refractivity contribution is -0.152. The minimum atomic E-state index is -0.467. The molecule has 0 bridgehead atoms. The van der Waals surface area contributed by atoms with Crippen molar-refractivity contribution in [3.63, 3.8) is 0 Å². The Labute approximate surface area is 111 Å². The van der Waals surface area contributed by atoms with Crippen LogP contribution in [0.2, 0.25) is 0 Å². The SMILES string of the molecule is COCCN(CC(C)(C)C(=O)OC)C(C)C1CC1. The zero-order chi connectivity index (χ0) is 13.8. The average Bonchev–Trinajstić information content (AvgIpc) is 3.16. The Morgan fingerprint density at radius 1 is 1.39 bits per heavy atom. The second-order valence-electron chi connectivity index (χ2n) is 5.92. The largest absolute Gasteiger partial charge is 0.469 e. The van der Waals surface area contributed by atoms with Crippen molar-refractivity contribution in [2.75, 3.05) is 33.9 Å². The standard InChI is InChI=1S/C14H27NO3/c1-11(12-6-7-12)15(8-9-17-4)10-14(2,3)13(16)18-5/h11-12H,6-10H2,1-5H3. The number of carbonyl (C=O) groups is 1. The maximum atomic E-state index is 11.8. The van der Waals surface area contributed by atoms with Crippen LogP contribution in [0.4, 0.5) is 0 Å². The van der Waals surface area contributed by atoms with E-state index in [4.69, 9.17) is 9.47 Å². The second kappa shape index (κ2) is 6.53. The highest BCUT2D eigenvalue weighted by Crippen LogP contribution is 2.36. The number of hydrogen-bond donors (Lipinski definition) is 0. The van der Waals surface area contributed by atoms with Gasteiger partial charge in [-0.3, -0.25) is 9.69 Å². The van der Waals surface area contributed by atoms with Crippen LogP contribution in [-0.4, -0.2) is 50.8 Å². The first-order valence-electron chi connectivity index (χ1n) is 6.73. The number of rotatable bonds is 8. The fourth-order valence-corrected chi connectivity index (χ4v) is 2.36. The van der Waals surface area contributed by atoms with E-state index in [1.54, 1.807) is 7.11 Å². The lowest BCUT2D eigenvalue weighted by Crippen LogP contribution is -2.46. The molecule has 0 aromatic heterocycles. The van der Waals surface area contributed by atoms with Crippen LogP contribution in [0.15, 0.2) is 0 Å². The molecule has 106 valence electrons. The quantitative estimate of drug-likeness (QED) is 0.623. The van der Waals surface area contributed by atoms with Crippen LogP contribution in [0.5, 0.6) is 0 Å². The zero-order valence-corrected chi connectivity index (χ0v) is 12.4. The Bertz CT molecular complexity index is 274. The van der Waals surface area contributed by atoms with Gasteiger partial charge in [-0.1, -0.05) is 0 Å². The van der Waals surface area contributed by atoms with Crippen molar-refractivity contribution in [2.45, 2.75) is 39.7 Å². The molecular weight excluding hydrogens is 230 g/mol. The Balaban J connectivity index is 2.61. The van der Waals surface area contributed by atoms with Gasteiger partial charge in [-0.25, -0.2) is 0 Å². The van der Waals surface area contributed by atoms with Crippen LogP contribution in [0, 0.1) is 11.3 Å². The maximum Gasteiger partial charge on any atom is 0.312 e. The van der Waals surface area contributed by atoms with Crippen LogP contribution in [0.3, 0.4) is 0 Å². The summed E-state index contributed by atoms with van der Waals surface area (Å²) >= 11 is 0. The first kappa shape index (κ1) is 15.4. The molecule has 0 aromatic rings. The molecule has 1 unspecified atom stereocenters. The Morgan fingerprint density at radius 2 is 2.00 bits per heavy atom. The maximum absolute atomic E-state index is 11.8. The fraction of sp³-hybridized carbons (Fsp3) is 0.929. The average molecular weight is 257 g/mol. The highest BCUT2D eigenvalue weighted by atomic mass is 16.5.